The van der Waals surface area contributed by atoms with E-state index >= 15 is 0 Å². The molecule has 1 N–H and O–H groups in total. The van der Waals surface area contributed by atoms with Gasteiger partial charge in [0.25, 0.3) is 5.91 Å². The first-order valence-corrected chi connectivity index (χ1v) is 11.7. The van der Waals surface area contributed by atoms with E-state index in [0.29, 0.717) is 18.7 Å². The van der Waals surface area contributed by atoms with Crippen LogP contribution in [0.2, 0.25) is 0 Å². The van der Waals surface area contributed by atoms with Gasteiger partial charge in [-0.05, 0) is 73.5 Å². The molecular formula is C27H29N5O2. The minimum atomic E-state index is -0.0650. The van der Waals surface area contributed by atoms with Gasteiger partial charge < -0.3 is 10.1 Å². The zero-order valence-electron chi connectivity index (χ0n) is 19.4. The second-order valence-corrected chi connectivity index (χ2v) is 8.68. The molecule has 1 aliphatic rings. The number of benzene rings is 3. The third-order valence-electron chi connectivity index (χ3n) is 6.48. The summed E-state index contributed by atoms with van der Waals surface area (Å²) in [7, 11) is 1.68. The van der Waals surface area contributed by atoms with E-state index in [1.807, 2.05) is 65.3 Å². The van der Waals surface area contributed by atoms with E-state index in [2.05, 4.69) is 32.7 Å². The number of aromatic nitrogens is 3. The molecule has 0 radical (unpaired) electrons. The number of hydrogen-bond acceptors (Lipinski definition) is 5. The molecule has 174 valence electrons. The van der Waals surface area contributed by atoms with Crippen LogP contribution < -0.4 is 10.1 Å². The number of fused-ring (bicyclic) bond motifs is 1. The van der Waals surface area contributed by atoms with Crippen LogP contribution in [0.4, 0.5) is 0 Å². The maximum Gasteiger partial charge on any atom is 0.251 e. The Morgan fingerprint density at radius 3 is 2.62 bits per heavy atom. The highest BCUT2D eigenvalue weighted by atomic mass is 16.5. The minimum absolute atomic E-state index is 0.0650. The second kappa shape index (κ2) is 10.1. The monoisotopic (exact) mass is 455 g/mol. The quantitative estimate of drug-likeness (QED) is 0.434. The number of amides is 1. The highest BCUT2D eigenvalue weighted by Crippen LogP contribution is 2.27. The fourth-order valence-electron chi connectivity index (χ4n) is 4.62. The summed E-state index contributed by atoms with van der Waals surface area (Å²) in [5.41, 5.74) is 4.76. The molecule has 5 rings (SSSR count). The largest absolute Gasteiger partial charge is 0.497 e. The number of nitrogens with one attached hydrogen (secondary N) is 1. The number of ether oxygens (including phenoxy) is 1. The van der Waals surface area contributed by atoms with Crippen molar-refractivity contribution >= 4 is 16.9 Å². The van der Waals surface area contributed by atoms with Gasteiger partial charge in [-0.15, -0.1) is 5.10 Å². The Morgan fingerprint density at radius 1 is 1.03 bits per heavy atom. The summed E-state index contributed by atoms with van der Waals surface area (Å²) in [6.45, 7) is 3.25. The zero-order valence-corrected chi connectivity index (χ0v) is 19.4. The van der Waals surface area contributed by atoms with Crippen LogP contribution in [-0.2, 0) is 6.54 Å². The predicted molar refractivity (Wildman–Crippen MR) is 132 cm³/mol. The van der Waals surface area contributed by atoms with Crippen LogP contribution in [0.25, 0.3) is 11.0 Å². The van der Waals surface area contributed by atoms with Crippen LogP contribution in [0.3, 0.4) is 0 Å². The zero-order chi connectivity index (χ0) is 23.3. The highest BCUT2D eigenvalue weighted by Gasteiger charge is 2.24. The number of para-hydroxylation sites is 1. The van der Waals surface area contributed by atoms with Gasteiger partial charge in [0.05, 0.1) is 25.2 Å². The van der Waals surface area contributed by atoms with Crippen LogP contribution in [0.15, 0.2) is 72.8 Å². The van der Waals surface area contributed by atoms with Crippen LogP contribution in [0.1, 0.15) is 40.4 Å². The molecule has 0 unspecified atom stereocenters. The van der Waals surface area contributed by atoms with Crippen molar-refractivity contribution in [1.29, 1.82) is 0 Å². The van der Waals surface area contributed by atoms with Gasteiger partial charge >= 0.3 is 0 Å². The first-order valence-electron chi connectivity index (χ1n) is 11.7. The summed E-state index contributed by atoms with van der Waals surface area (Å²) in [4.78, 5) is 15.4. The Balaban J connectivity index is 1.25. The van der Waals surface area contributed by atoms with Crippen molar-refractivity contribution in [3.05, 3.63) is 89.5 Å². The Kier molecular flexibility index (Phi) is 6.53. The van der Waals surface area contributed by atoms with Crippen molar-refractivity contribution in [3.8, 4) is 5.75 Å². The van der Waals surface area contributed by atoms with Gasteiger partial charge in [-0.25, -0.2) is 4.68 Å². The van der Waals surface area contributed by atoms with Crippen molar-refractivity contribution in [2.24, 2.45) is 0 Å². The molecule has 0 aliphatic carbocycles. The standard InChI is InChI=1S/C27H29N5O2/c1-34-23-8-6-7-22(17-23)26(31-15-4-5-16-31)18-28-27(33)21-13-11-20(12-14-21)19-32-25-10-3-2-9-24(25)29-30-32/h2-3,6-14,17,26H,4-5,15-16,18-19H2,1H3,(H,28,33)/t26-/m1/s1. The van der Waals surface area contributed by atoms with Crippen LogP contribution in [0, 0.1) is 0 Å². The first kappa shape index (κ1) is 22.1. The molecule has 1 aliphatic heterocycles. The van der Waals surface area contributed by atoms with Gasteiger partial charge in [0.1, 0.15) is 11.3 Å². The number of hydrogen-bond donors (Lipinski definition) is 1. The molecule has 0 saturated carbocycles. The van der Waals surface area contributed by atoms with Crippen LogP contribution in [-0.4, -0.2) is 52.5 Å². The molecule has 1 amide bonds. The van der Waals surface area contributed by atoms with E-state index in [4.69, 9.17) is 4.74 Å². The summed E-state index contributed by atoms with van der Waals surface area (Å²) in [5, 5.41) is 11.6. The number of rotatable bonds is 8. The lowest BCUT2D eigenvalue weighted by atomic mass is 10.0. The molecule has 34 heavy (non-hydrogen) atoms. The summed E-state index contributed by atoms with van der Waals surface area (Å²) in [6.07, 6.45) is 2.38. The molecule has 7 nitrogen and oxygen atoms in total. The maximum atomic E-state index is 12.9. The van der Waals surface area contributed by atoms with Crippen molar-refractivity contribution in [2.45, 2.75) is 25.4 Å². The Hall–Kier alpha value is -3.71. The molecule has 2 heterocycles. The van der Waals surface area contributed by atoms with E-state index in [1.165, 1.54) is 12.8 Å². The average Bonchev–Trinajstić information content (AvgIpc) is 3.56. The molecule has 0 spiro atoms. The first-order chi connectivity index (χ1) is 16.7. The lowest BCUT2D eigenvalue weighted by molar-refractivity contribution is 0.0938. The Morgan fingerprint density at radius 2 is 1.82 bits per heavy atom. The van der Waals surface area contributed by atoms with E-state index in [9.17, 15) is 4.79 Å². The van der Waals surface area contributed by atoms with E-state index in [0.717, 1.165) is 41.0 Å². The molecule has 0 bridgehead atoms. The van der Waals surface area contributed by atoms with Gasteiger partial charge in [-0.1, -0.05) is 41.6 Å². The fourth-order valence-corrected chi connectivity index (χ4v) is 4.62. The molecule has 4 aromatic rings. The van der Waals surface area contributed by atoms with Crippen molar-refractivity contribution < 1.29 is 9.53 Å². The number of nitrogens with zero attached hydrogens (tertiary/aromatic N) is 4. The molecule has 1 atom stereocenters. The van der Waals surface area contributed by atoms with E-state index in [1.54, 1.807) is 7.11 Å². The lowest BCUT2D eigenvalue weighted by Gasteiger charge is -2.28. The van der Waals surface area contributed by atoms with Crippen molar-refractivity contribution in [1.82, 2.24) is 25.2 Å². The summed E-state index contributed by atoms with van der Waals surface area (Å²) < 4.78 is 7.29. The van der Waals surface area contributed by atoms with E-state index < -0.39 is 0 Å². The lowest BCUT2D eigenvalue weighted by Crippen LogP contribution is -2.36. The second-order valence-electron chi connectivity index (χ2n) is 8.68. The number of likely N-dealkylation sites (tertiary alicyclic amines) is 1. The fraction of sp³-hybridized carbons (Fsp3) is 0.296. The van der Waals surface area contributed by atoms with E-state index in [-0.39, 0.29) is 11.9 Å². The third-order valence-corrected chi connectivity index (χ3v) is 6.48. The summed E-state index contributed by atoms with van der Waals surface area (Å²) in [6, 6.07) is 23.9. The smallest absolute Gasteiger partial charge is 0.251 e. The van der Waals surface area contributed by atoms with Crippen LogP contribution in [0.5, 0.6) is 5.75 Å². The van der Waals surface area contributed by atoms with Crippen molar-refractivity contribution in [3.63, 3.8) is 0 Å². The number of methoxy groups -OCH3 is 1. The number of carbonyl (C=O) groups excluding carboxylic acids is 1. The minimum Gasteiger partial charge on any atom is -0.497 e. The topological polar surface area (TPSA) is 72.3 Å². The predicted octanol–water partition coefficient (Wildman–Crippen LogP) is 4.06. The van der Waals surface area contributed by atoms with Crippen LogP contribution >= 0.6 is 0 Å². The molecule has 3 aromatic carbocycles. The van der Waals surface area contributed by atoms with Gasteiger partial charge in [-0.2, -0.15) is 0 Å². The number of carbonyl (C=O) groups is 1. The maximum absolute atomic E-state index is 12.9. The summed E-state index contributed by atoms with van der Waals surface area (Å²) >= 11 is 0. The highest BCUT2D eigenvalue weighted by molar-refractivity contribution is 5.94. The summed E-state index contributed by atoms with van der Waals surface area (Å²) in [5.74, 6) is 0.772. The Bertz CT molecular complexity index is 1260. The van der Waals surface area contributed by atoms with Crippen molar-refractivity contribution in [2.75, 3.05) is 26.7 Å². The molecular weight excluding hydrogens is 426 g/mol. The van der Waals surface area contributed by atoms with Gasteiger partial charge in [-0.3, -0.25) is 9.69 Å². The normalized spacial score (nSPS) is 14.9. The van der Waals surface area contributed by atoms with Gasteiger partial charge in [0.15, 0.2) is 0 Å². The molecule has 1 saturated heterocycles. The molecule has 1 fully saturated rings. The SMILES string of the molecule is COc1cccc([C@@H](CNC(=O)c2ccc(Cn3nnc4ccccc43)cc2)N2CCCC2)c1. The molecule has 7 heteroatoms. The average molecular weight is 456 g/mol. The van der Waals surface area contributed by atoms with Gasteiger partial charge in [0.2, 0.25) is 0 Å². The van der Waals surface area contributed by atoms with Gasteiger partial charge in [0, 0.05) is 12.1 Å². The Labute approximate surface area is 199 Å². The third kappa shape index (κ3) is 4.79. The molecule has 1 aromatic heterocycles.